The summed E-state index contributed by atoms with van der Waals surface area (Å²) in [6, 6.07) is 8.84. The third kappa shape index (κ3) is 3.52. The van der Waals surface area contributed by atoms with Crippen LogP contribution < -0.4 is 0 Å². The molecule has 24 heavy (non-hydrogen) atoms. The average molecular weight is 334 g/mol. The first-order chi connectivity index (χ1) is 11.5. The van der Waals surface area contributed by atoms with E-state index in [4.69, 9.17) is 4.74 Å². The maximum atomic E-state index is 13.4. The van der Waals surface area contributed by atoms with E-state index in [-0.39, 0.29) is 24.5 Å². The lowest BCUT2D eigenvalue weighted by atomic mass is 10.1. The molecule has 130 valence electrons. The van der Waals surface area contributed by atoms with Gasteiger partial charge in [-0.15, -0.1) is 0 Å². The van der Waals surface area contributed by atoms with Crippen molar-refractivity contribution < 1.29 is 18.7 Å². The molecule has 5 nitrogen and oxygen atoms in total. The van der Waals surface area contributed by atoms with Crippen molar-refractivity contribution in [2.24, 2.45) is 5.41 Å². The summed E-state index contributed by atoms with van der Waals surface area (Å²) in [5.74, 6) is 0.0162. The molecule has 1 aliphatic carbocycles. The van der Waals surface area contributed by atoms with Gasteiger partial charge in [-0.2, -0.15) is 0 Å². The smallest absolute Gasteiger partial charge is 0.410 e. The summed E-state index contributed by atoms with van der Waals surface area (Å²) in [5, 5.41) is 0. The minimum absolute atomic E-state index is 0.0162. The molecule has 0 N–H and O–H groups in total. The number of hydrogen-bond acceptors (Lipinski definition) is 3. The fraction of sp³-hybridized carbons (Fsp3) is 0.556. The maximum absolute atomic E-state index is 13.4. The van der Waals surface area contributed by atoms with Crippen molar-refractivity contribution in [3.63, 3.8) is 0 Å². The largest absolute Gasteiger partial charge is 0.445 e. The first-order valence-electron chi connectivity index (χ1n) is 8.36. The molecule has 2 amide bonds. The van der Waals surface area contributed by atoms with Crippen LogP contribution in [-0.2, 0) is 16.1 Å². The van der Waals surface area contributed by atoms with Gasteiger partial charge in [-0.25, -0.2) is 9.18 Å². The van der Waals surface area contributed by atoms with Crippen molar-refractivity contribution in [2.45, 2.75) is 32.4 Å². The fourth-order valence-electron chi connectivity index (χ4n) is 2.98. The van der Waals surface area contributed by atoms with Crippen LogP contribution in [0, 0.1) is 5.41 Å². The van der Waals surface area contributed by atoms with Gasteiger partial charge in [0, 0.05) is 25.0 Å². The SMILES string of the molecule is CC1(C(=O)N2CCN(C(=O)OCc3ccccc3)C[C@H]2CF)CC1. The van der Waals surface area contributed by atoms with Gasteiger partial charge in [-0.1, -0.05) is 37.3 Å². The Morgan fingerprint density at radius 3 is 2.58 bits per heavy atom. The van der Waals surface area contributed by atoms with Crippen LogP contribution in [0.4, 0.5) is 9.18 Å². The number of alkyl halides is 1. The summed E-state index contributed by atoms with van der Waals surface area (Å²) >= 11 is 0. The van der Waals surface area contributed by atoms with Crippen LogP contribution in [0.2, 0.25) is 0 Å². The van der Waals surface area contributed by atoms with E-state index in [0.717, 1.165) is 18.4 Å². The molecule has 0 unspecified atom stereocenters. The van der Waals surface area contributed by atoms with Gasteiger partial charge in [0.15, 0.2) is 0 Å². The highest BCUT2D eigenvalue weighted by atomic mass is 19.1. The minimum Gasteiger partial charge on any atom is -0.445 e. The number of carbonyl (C=O) groups excluding carboxylic acids is 2. The molecule has 2 fully saturated rings. The summed E-state index contributed by atoms with van der Waals surface area (Å²) in [7, 11) is 0. The molecule has 1 heterocycles. The third-order valence-corrected chi connectivity index (χ3v) is 4.90. The Labute approximate surface area is 141 Å². The van der Waals surface area contributed by atoms with E-state index in [1.54, 1.807) is 4.90 Å². The summed E-state index contributed by atoms with van der Waals surface area (Å²) in [5.41, 5.74) is 0.590. The van der Waals surface area contributed by atoms with Gasteiger partial charge in [0.2, 0.25) is 5.91 Å². The Hall–Kier alpha value is -2.11. The van der Waals surface area contributed by atoms with Crippen LogP contribution >= 0.6 is 0 Å². The molecule has 1 aromatic carbocycles. The van der Waals surface area contributed by atoms with Gasteiger partial charge in [0.05, 0.1) is 6.04 Å². The Kier molecular flexibility index (Phi) is 4.73. The van der Waals surface area contributed by atoms with E-state index < -0.39 is 18.8 Å². The Morgan fingerprint density at radius 2 is 1.96 bits per heavy atom. The van der Waals surface area contributed by atoms with E-state index >= 15 is 0 Å². The zero-order valence-electron chi connectivity index (χ0n) is 13.9. The first-order valence-corrected chi connectivity index (χ1v) is 8.36. The number of carbonyl (C=O) groups is 2. The second-order valence-electron chi connectivity index (χ2n) is 6.85. The zero-order valence-corrected chi connectivity index (χ0v) is 13.9. The summed E-state index contributed by atoms with van der Waals surface area (Å²) in [6.45, 7) is 2.40. The summed E-state index contributed by atoms with van der Waals surface area (Å²) in [4.78, 5) is 27.8. The van der Waals surface area contributed by atoms with E-state index in [2.05, 4.69) is 0 Å². The van der Waals surface area contributed by atoms with Gasteiger partial charge in [-0.3, -0.25) is 4.79 Å². The monoisotopic (exact) mass is 334 g/mol. The topological polar surface area (TPSA) is 49.9 Å². The molecular weight excluding hydrogens is 311 g/mol. The highest BCUT2D eigenvalue weighted by molar-refractivity contribution is 5.85. The molecular formula is C18H23FN2O3. The van der Waals surface area contributed by atoms with E-state index in [1.807, 2.05) is 37.3 Å². The Morgan fingerprint density at radius 1 is 1.25 bits per heavy atom. The Bertz CT molecular complexity index is 604. The summed E-state index contributed by atoms with van der Waals surface area (Å²) < 4.78 is 18.7. The van der Waals surface area contributed by atoms with Crippen molar-refractivity contribution in [1.29, 1.82) is 0 Å². The highest BCUT2D eigenvalue weighted by Gasteiger charge is 2.49. The van der Waals surface area contributed by atoms with Gasteiger partial charge in [0.1, 0.15) is 13.3 Å². The molecule has 1 aliphatic heterocycles. The second kappa shape index (κ2) is 6.79. The first kappa shape index (κ1) is 16.7. The van der Waals surface area contributed by atoms with Crippen molar-refractivity contribution in [3.05, 3.63) is 35.9 Å². The van der Waals surface area contributed by atoms with E-state index in [0.29, 0.717) is 13.1 Å². The van der Waals surface area contributed by atoms with Crippen molar-refractivity contribution in [2.75, 3.05) is 26.3 Å². The number of amides is 2. The molecule has 0 aromatic heterocycles. The van der Waals surface area contributed by atoms with E-state index in [9.17, 15) is 14.0 Å². The van der Waals surface area contributed by atoms with Crippen LogP contribution in [0.3, 0.4) is 0 Å². The lowest BCUT2D eigenvalue weighted by molar-refractivity contribution is -0.141. The molecule has 0 spiro atoms. The lowest BCUT2D eigenvalue weighted by Gasteiger charge is -2.40. The number of ether oxygens (including phenoxy) is 1. The molecule has 0 bridgehead atoms. The normalized spacial score (nSPS) is 22.2. The highest BCUT2D eigenvalue weighted by Crippen LogP contribution is 2.47. The maximum Gasteiger partial charge on any atom is 0.410 e. The predicted octanol–water partition coefficient (Wildman–Crippen LogP) is 2.61. The van der Waals surface area contributed by atoms with Crippen LogP contribution in [0.15, 0.2) is 30.3 Å². The standard InChI is InChI=1S/C18H23FN2O3/c1-18(7-8-18)16(22)21-10-9-20(12-15(21)11-19)17(23)24-13-14-5-3-2-4-6-14/h2-6,15H,7-13H2,1H3/t15-/m1/s1. The van der Waals surface area contributed by atoms with Gasteiger partial charge < -0.3 is 14.5 Å². The fourth-order valence-corrected chi connectivity index (χ4v) is 2.98. The van der Waals surface area contributed by atoms with Crippen molar-refractivity contribution >= 4 is 12.0 Å². The predicted molar refractivity (Wildman–Crippen MR) is 87.0 cm³/mol. The van der Waals surface area contributed by atoms with Gasteiger partial charge >= 0.3 is 6.09 Å². The Balaban J connectivity index is 1.55. The molecule has 1 saturated carbocycles. The van der Waals surface area contributed by atoms with Crippen LogP contribution in [-0.4, -0.2) is 54.2 Å². The number of benzene rings is 1. The van der Waals surface area contributed by atoms with Crippen LogP contribution in [0.1, 0.15) is 25.3 Å². The number of rotatable bonds is 4. The van der Waals surface area contributed by atoms with Gasteiger partial charge in [-0.05, 0) is 18.4 Å². The molecule has 1 saturated heterocycles. The number of hydrogen-bond donors (Lipinski definition) is 0. The third-order valence-electron chi connectivity index (χ3n) is 4.90. The molecule has 1 atom stereocenters. The zero-order chi connectivity index (χ0) is 17.2. The van der Waals surface area contributed by atoms with Crippen LogP contribution in [0.25, 0.3) is 0 Å². The van der Waals surface area contributed by atoms with Gasteiger partial charge in [0.25, 0.3) is 0 Å². The van der Waals surface area contributed by atoms with Crippen molar-refractivity contribution in [3.8, 4) is 0 Å². The molecule has 1 aromatic rings. The minimum atomic E-state index is -0.649. The summed E-state index contributed by atoms with van der Waals surface area (Å²) in [6.07, 6.45) is 1.27. The number of piperazine rings is 1. The molecule has 0 radical (unpaired) electrons. The molecule has 6 heteroatoms. The molecule has 2 aliphatic rings. The quantitative estimate of drug-likeness (QED) is 0.850. The second-order valence-corrected chi connectivity index (χ2v) is 6.85. The number of halogens is 1. The lowest BCUT2D eigenvalue weighted by Crippen LogP contribution is -2.58. The average Bonchev–Trinajstić information content (AvgIpc) is 3.38. The molecule has 3 rings (SSSR count). The van der Waals surface area contributed by atoms with Crippen LogP contribution in [0.5, 0.6) is 0 Å². The van der Waals surface area contributed by atoms with Crippen molar-refractivity contribution in [1.82, 2.24) is 9.80 Å². The number of nitrogens with zero attached hydrogens (tertiary/aromatic N) is 2. The van der Waals surface area contributed by atoms with E-state index in [1.165, 1.54) is 4.90 Å².